The van der Waals surface area contributed by atoms with Gasteiger partial charge in [0.25, 0.3) is 0 Å². The van der Waals surface area contributed by atoms with E-state index in [0.717, 1.165) is 75.7 Å². The van der Waals surface area contributed by atoms with Gasteiger partial charge in [-0.1, -0.05) is 0 Å². The van der Waals surface area contributed by atoms with Crippen molar-refractivity contribution < 1.29 is 9.47 Å². The first-order chi connectivity index (χ1) is 13.3. The van der Waals surface area contributed by atoms with Gasteiger partial charge in [-0.3, -0.25) is 0 Å². The lowest BCUT2D eigenvalue weighted by Crippen LogP contribution is -2.46. The van der Waals surface area contributed by atoms with Crippen LogP contribution in [0.3, 0.4) is 0 Å². The lowest BCUT2D eigenvalue weighted by Gasteiger charge is -2.36. The van der Waals surface area contributed by atoms with Crippen molar-refractivity contribution in [2.75, 3.05) is 31.2 Å². The van der Waals surface area contributed by atoms with Crippen LogP contribution in [0.1, 0.15) is 32.1 Å². The average Bonchev–Trinajstić information content (AvgIpc) is 3.46. The van der Waals surface area contributed by atoms with Gasteiger partial charge in [0, 0.05) is 50.4 Å². The van der Waals surface area contributed by atoms with Crippen LogP contribution in [0.15, 0.2) is 30.6 Å². The lowest BCUT2D eigenvalue weighted by molar-refractivity contribution is -0.179. The van der Waals surface area contributed by atoms with Crippen molar-refractivity contribution >= 4 is 5.95 Å². The summed E-state index contributed by atoms with van der Waals surface area (Å²) >= 11 is 0. The fourth-order valence-corrected chi connectivity index (χ4v) is 4.56. The number of nitrogens with one attached hydrogen (secondary N) is 2. The van der Waals surface area contributed by atoms with Crippen LogP contribution < -0.4 is 10.2 Å². The molecule has 4 heterocycles. The number of rotatable bonds is 4. The number of aromatic nitrogens is 3. The largest absolute Gasteiger partial charge is 0.360 e. The van der Waals surface area contributed by atoms with Crippen LogP contribution in [0, 0.1) is 0 Å². The van der Waals surface area contributed by atoms with Crippen molar-refractivity contribution in [2.45, 2.75) is 50.0 Å². The summed E-state index contributed by atoms with van der Waals surface area (Å²) in [5.74, 6) is 0.549. The summed E-state index contributed by atoms with van der Waals surface area (Å²) in [6.07, 6.45) is 9.14. The Bertz CT molecular complexity index is 749. The fraction of sp³-hybridized carbons (Fsp3) is 0.600. The Morgan fingerprint density at radius 1 is 1.11 bits per heavy atom. The molecule has 0 radical (unpaired) electrons. The minimum absolute atomic E-state index is 0.272. The maximum Gasteiger partial charge on any atom is 0.225 e. The molecule has 1 aliphatic carbocycles. The van der Waals surface area contributed by atoms with Gasteiger partial charge >= 0.3 is 0 Å². The molecule has 2 aliphatic heterocycles. The van der Waals surface area contributed by atoms with Gasteiger partial charge in [0.2, 0.25) is 5.95 Å². The number of hydrogen-bond donors (Lipinski definition) is 2. The van der Waals surface area contributed by atoms with Gasteiger partial charge in [-0.15, -0.1) is 0 Å². The van der Waals surface area contributed by atoms with Crippen LogP contribution in [0.4, 0.5) is 5.95 Å². The summed E-state index contributed by atoms with van der Waals surface area (Å²) in [4.78, 5) is 14.8. The van der Waals surface area contributed by atoms with Crippen LogP contribution >= 0.6 is 0 Å². The van der Waals surface area contributed by atoms with Gasteiger partial charge in [-0.25, -0.2) is 9.97 Å². The molecule has 0 amide bonds. The van der Waals surface area contributed by atoms with E-state index in [1.807, 2.05) is 30.6 Å². The molecule has 144 valence electrons. The standard InChI is InChI=1S/C20H27N5O2/c1-2-17(21-9-1)18-5-10-22-19(24-18)25-11-6-16(14-25)23-15-3-7-20(8-4-15)26-12-13-27-20/h1-2,5,9-10,15-16,21,23H,3-4,6-8,11-14H2. The van der Waals surface area contributed by atoms with Gasteiger partial charge in [0.1, 0.15) is 0 Å². The molecule has 1 atom stereocenters. The summed E-state index contributed by atoms with van der Waals surface area (Å²) in [6, 6.07) is 7.02. The average molecular weight is 369 g/mol. The van der Waals surface area contributed by atoms with Crippen molar-refractivity contribution in [2.24, 2.45) is 0 Å². The zero-order chi connectivity index (χ0) is 18.1. The van der Waals surface area contributed by atoms with E-state index in [4.69, 9.17) is 14.5 Å². The first-order valence-corrected chi connectivity index (χ1v) is 10.1. The molecule has 1 spiro atoms. The Labute approximate surface area is 159 Å². The summed E-state index contributed by atoms with van der Waals surface area (Å²) in [5, 5.41) is 3.85. The molecule has 0 bridgehead atoms. The van der Waals surface area contributed by atoms with E-state index in [1.54, 1.807) is 0 Å². The highest BCUT2D eigenvalue weighted by molar-refractivity contribution is 5.55. The summed E-state index contributed by atoms with van der Waals surface area (Å²) in [6.45, 7) is 3.45. The highest BCUT2D eigenvalue weighted by Gasteiger charge is 2.40. The van der Waals surface area contributed by atoms with Crippen LogP contribution in [-0.4, -0.2) is 59.1 Å². The smallest absolute Gasteiger partial charge is 0.225 e. The summed E-state index contributed by atoms with van der Waals surface area (Å²) in [7, 11) is 0. The van der Waals surface area contributed by atoms with E-state index < -0.39 is 0 Å². The number of nitrogens with zero attached hydrogens (tertiary/aromatic N) is 3. The molecule has 3 fully saturated rings. The molecule has 2 aromatic rings. The van der Waals surface area contributed by atoms with Crippen molar-refractivity contribution in [3.63, 3.8) is 0 Å². The molecule has 2 N–H and O–H groups in total. The quantitative estimate of drug-likeness (QED) is 0.862. The van der Waals surface area contributed by atoms with Crippen LogP contribution in [0.5, 0.6) is 0 Å². The third-order valence-corrected chi connectivity index (χ3v) is 6.02. The fourth-order valence-electron chi connectivity index (χ4n) is 4.56. The molecule has 1 unspecified atom stereocenters. The number of aromatic amines is 1. The number of hydrogen-bond acceptors (Lipinski definition) is 6. The molecule has 5 rings (SSSR count). The van der Waals surface area contributed by atoms with Crippen LogP contribution in [-0.2, 0) is 9.47 Å². The Kier molecular flexibility index (Phi) is 4.59. The zero-order valence-electron chi connectivity index (χ0n) is 15.6. The second kappa shape index (κ2) is 7.22. The van der Waals surface area contributed by atoms with E-state index >= 15 is 0 Å². The SMILES string of the molecule is c1c[nH]c(-c2ccnc(N3CCC(NC4CCC5(CC4)OCCO5)C3)n2)c1. The Morgan fingerprint density at radius 3 is 2.74 bits per heavy atom. The maximum absolute atomic E-state index is 5.84. The normalized spacial score (nSPS) is 25.5. The van der Waals surface area contributed by atoms with E-state index in [1.165, 1.54) is 0 Å². The first kappa shape index (κ1) is 17.2. The number of H-pyrrole nitrogens is 1. The van der Waals surface area contributed by atoms with Gasteiger partial charge in [-0.2, -0.15) is 0 Å². The molecule has 2 saturated heterocycles. The van der Waals surface area contributed by atoms with Gasteiger partial charge in [0.05, 0.1) is 24.6 Å². The van der Waals surface area contributed by atoms with E-state index in [-0.39, 0.29) is 5.79 Å². The van der Waals surface area contributed by atoms with E-state index in [9.17, 15) is 0 Å². The zero-order valence-corrected chi connectivity index (χ0v) is 15.6. The monoisotopic (exact) mass is 369 g/mol. The Hall–Kier alpha value is -1.96. The summed E-state index contributed by atoms with van der Waals surface area (Å²) in [5.41, 5.74) is 1.97. The van der Waals surface area contributed by atoms with Crippen molar-refractivity contribution in [3.8, 4) is 11.4 Å². The molecular formula is C20H27N5O2. The molecule has 7 nitrogen and oxygen atoms in total. The predicted octanol–water partition coefficient (Wildman–Crippen LogP) is 2.33. The van der Waals surface area contributed by atoms with Crippen LogP contribution in [0.25, 0.3) is 11.4 Å². The first-order valence-electron chi connectivity index (χ1n) is 10.1. The minimum atomic E-state index is -0.272. The molecule has 2 aromatic heterocycles. The van der Waals surface area contributed by atoms with Gasteiger partial charge in [-0.05, 0) is 37.5 Å². The Balaban J connectivity index is 1.17. The third-order valence-electron chi connectivity index (χ3n) is 6.02. The topological polar surface area (TPSA) is 75.3 Å². The molecular weight excluding hydrogens is 342 g/mol. The highest BCUT2D eigenvalue weighted by atomic mass is 16.7. The second-order valence-electron chi connectivity index (χ2n) is 7.81. The van der Waals surface area contributed by atoms with Crippen molar-refractivity contribution in [1.82, 2.24) is 20.3 Å². The second-order valence-corrected chi connectivity index (χ2v) is 7.81. The number of ether oxygens (including phenoxy) is 2. The maximum atomic E-state index is 5.84. The highest BCUT2D eigenvalue weighted by Crippen LogP contribution is 2.36. The summed E-state index contributed by atoms with van der Waals surface area (Å²) < 4.78 is 11.7. The minimum Gasteiger partial charge on any atom is -0.360 e. The molecule has 3 aliphatic rings. The number of anilines is 1. The Morgan fingerprint density at radius 2 is 1.96 bits per heavy atom. The van der Waals surface area contributed by atoms with Gasteiger partial charge in [0.15, 0.2) is 5.79 Å². The molecule has 27 heavy (non-hydrogen) atoms. The van der Waals surface area contributed by atoms with Gasteiger partial charge < -0.3 is 24.7 Å². The van der Waals surface area contributed by atoms with Crippen LogP contribution in [0.2, 0.25) is 0 Å². The van der Waals surface area contributed by atoms with Crippen molar-refractivity contribution in [3.05, 3.63) is 30.6 Å². The van der Waals surface area contributed by atoms with E-state index in [0.29, 0.717) is 12.1 Å². The lowest BCUT2D eigenvalue weighted by atomic mass is 9.89. The molecule has 7 heteroatoms. The van der Waals surface area contributed by atoms with Crippen molar-refractivity contribution in [1.29, 1.82) is 0 Å². The third kappa shape index (κ3) is 3.59. The van der Waals surface area contributed by atoms with E-state index in [2.05, 4.69) is 20.2 Å². The molecule has 1 saturated carbocycles. The molecule has 0 aromatic carbocycles. The predicted molar refractivity (Wildman–Crippen MR) is 102 cm³/mol.